The number of phenols is 3. The Balaban J connectivity index is 0.000000169. The minimum Gasteiger partial charge on any atom is -0.508 e. The highest BCUT2D eigenvalue weighted by Gasteiger charge is 2.18. The zero-order chi connectivity index (χ0) is 27.0. The van der Waals surface area contributed by atoms with Crippen molar-refractivity contribution in [2.24, 2.45) is 0 Å². The molecule has 0 saturated heterocycles. The van der Waals surface area contributed by atoms with E-state index in [4.69, 9.17) is 0 Å². The van der Waals surface area contributed by atoms with Gasteiger partial charge in [-0.05, 0) is 88.0 Å². The second-order valence-corrected chi connectivity index (χ2v) is 10.6. The van der Waals surface area contributed by atoms with Crippen molar-refractivity contribution >= 4 is 0 Å². The summed E-state index contributed by atoms with van der Waals surface area (Å²) in [7, 11) is 0. The predicted octanol–water partition coefficient (Wildman–Crippen LogP) is 8.95. The third-order valence-electron chi connectivity index (χ3n) is 6.52. The zero-order valence-electron chi connectivity index (χ0n) is 22.7. The van der Waals surface area contributed by atoms with Crippen molar-refractivity contribution in [2.45, 2.75) is 65.2 Å². The van der Waals surface area contributed by atoms with E-state index >= 15 is 0 Å². The number of benzene rings is 4. The molecule has 37 heavy (non-hydrogen) atoms. The molecule has 0 spiro atoms. The maximum atomic E-state index is 9.74. The normalized spacial score (nSPS) is 11.2. The van der Waals surface area contributed by atoms with Crippen molar-refractivity contribution < 1.29 is 15.3 Å². The summed E-state index contributed by atoms with van der Waals surface area (Å²) in [4.78, 5) is 0. The van der Waals surface area contributed by atoms with Gasteiger partial charge in [-0.1, -0.05) is 95.6 Å². The first-order valence-corrected chi connectivity index (χ1v) is 13.1. The lowest BCUT2D eigenvalue weighted by atomic mass is 9.85. The standard InChI is InChI=1S/C15H16O2.C13H20O.C6H4/c1-2-15(11-3-7-13(16)8-4-11)12-5-9-14(17)10-6-12;1-5-6-10-7-8-12(14)11(9-10)13(2,3)4;1-2-5-4-6(5)3-1/h3-10,15-17H,2H2,1H3;7-9,14H,5-6H2,1-4H3;1-4H. The van der Waals surface area contributed by atoms with E-state index in [0.29, 0.717) is 11.7 Å². The summed E-state index contributed by atoms with van der Waals surface area (Å²) >= 11 is 0. The van der Waals surface area contributed by atoms with Crippen molar-refractivity contribution in [3.63, 3.8) is 0 Å². The highest BCUT2D eigenvalue weighted by Crippen LogP contribution is 2.33. The van der Waals surface area contributed by atoms with Gasteiger partial charge < -0.3 is 15.3 Å². The van der Waals surface area contributed by atoms with Crippen LogP contribution < -0.4 is 0 Å². The molecule has 0 fully saturated rings. The first-order chi connectivity index (χ1) is 17.6. The lowest BCUT2D eigenvalue weighted by Crippen LogP contribution is -2.11. The highest BCUT2D eigenvalue weighted by molar-refractivity contribution is 5.80. The Bertz CT molecular complexity index is 1200. The molecule has 0 saturated carbocycles. The largest absolute Gasteiger partial charge is 0.508 e. The van der Waals surface area contributed by atoms with Gasteiger partial charge in [0.05, 0.1) is 0 Å². The van der Waals surface area contributed by atoms with Gasteiger partial charge >= 0.3 is 0 Å². The molecule has 3 aromatic carbocycles. The lowest BCUT2D eigenvalue weighted by molar-refractivity contribution is 0.446. The number of aromatic hydroxyl groups is 3. The van der Waals surface area contributed by atoms with Gasteiger partial charge in [-0.15, -0.1) is 0 Å². The van der Waals surface area contributed by atoms with E-state index in [-0.39, 0.29) is 16.9 Å². The van der Waals surface area contributed by atoms with E-state index in [1.807, 2.05) is 36.4 Å². The molecule has 0 amide bonds. The molecule has 3 N–H and O–H groups in total. The third-order valence-corrected chi connectivity index (χ3v) is 6.52. The molecule has 0 atom stereocenters. The predicted molar refractivity (Wildman–Crippen MR) is 155 cm³/mol. The van der Waals surface area contributed by atoms with Crippen LogP contribution in [0.4, 0.5) is 0 Å². The molecule has 0 bridgehead atoms. The number of phenolic OH excluding ortho intramolecular Hbond substituents is 3. The average molecular weight is 497 g/mol. The Morgan fingerprint density at radius 1 is 0.649 bits per heavy atom. The van der Waals surface area contributed by atoms with Crippen LogP contribution in [0.5, 0.6) is 17.2 Å². The molecule has 3 nitrogen and oxygen atoms in total. The molecule has 3 aromatic rings. The Hall–Kier alpha value is -3.72. The van der Waals surface area contributed by atoms with Crippen LogP contribution in [0.2, 0.25) is 0 Å². The van der Waals surface area contributed by atoms with Crippen LogP contribution in [0.15, 0.2) is 91.0 Å². The van der Waals surface area contributed by atoms with E-state index in [9.17, 15) is 15.3 Å². The summed E-state index contributed by atoms with van der Waals surface area (Å²) < 4.78 is 0. The summed E-state index contributed by atoms with van der Waals surface area (Å²) in [6, 6.07) is 29.0. The van der Waals surface area contributed by atoms with Crippen LogP contribution in [0.25, 0.3) is 11.1 Å². The van der Waals surface area contributed by atoms with Gasteiger partial charge in [0.2, 0.25) is 0 Å². The second kappa shape index (κ2) is 12.5. The zero-order valence-corrected chi connectivity index (χ0v) is 22.7. The number of aryl methyl sites for hydroxylation is 1. The van der Waals surface area contributed by atoms with Gasteiger partial charge in [0.25, 0.3) is 0 Å². The SMILES string of the molecule is CCC(c1ccc(O)cc1)c1ccc(O)cc1.CCCc1ccc(O)c(C(C)(C)C)c1.c1cc2cc-2c1. The van der Waals surface area contributed by atoms with Crippen LogP contribution in [0.3, 0.4) is 0 Å². The first kappa shape index (κ1) is 27.9. The molecule has 5 rings (SSSR count). The van der Waals surface area contributed by atoms with Crippen molar-refractivity contribution in [2.75, 3.05) is 0 Å². The number of rotatable bonds is 5. The average Bonchev–Trinajstić information content (AvgIpc) is 3.47. The summed E-state index contributed by atoms with van der Waals surface area (Å²) in [5, 5.41) is 28.3. The molecular weight excluding hydrogens is 456 g/mol. The molecule has 0 aliphatic heterocycles. The van der Waals surface area contributed by atoms with Gasteiger partial charge in [0.1, 0.15) is 17.2 Å². The summed E-state index contributed by atoms with van der Waals surface area (Å²) in [5.74, 6) is 1.29. The molecular formula is C34H40O3. The number of hydrogen-bond donors (Lipinski definition) is 3. The Kier molecular flexibility index (Phi) is 9.41. The Morgan fingerprint density at radius 3 is 1.51 bits per heavy atom. The molecule has 0 unspecified atom stereocenters. The molecule has 0 aromatic heterocycles. The number of hydrogen-bond acceptors (Lipinski definition) is 3. The van der Waals surface area contributed by atoms with Crippen molar-refractivity contribution in [1.82, 2.24) is 0 Å². The minimum absolute atomic E-state index is 0.0217. The first-order valence-electron chi connectivity index (χ1n) is 13.1. The summed E-state index contributed by atoms with van der Waals surface area (Å²) in [5.41, 5.74) is 7.59. The topological polar surface area (TPSA) is 60.7 Å². The molecule has 194 valence electrons. The van der Waals surface area contributed by atoms with Crippen molar-refractivity contribution in [3.8, 4) is 28.4 Å². The van der Waals surface area contributed by atoms with E-state index in [1.54, 1.807) is 24.3 Å². The van der Waals surface area contributed by atoms with E-state index < -0.39 is 0 Å². The molecule has 0 heterocycles. The van der Waals surface area contributed by atoms with Crippen LogP contribution in [0.1, 0.15) is 75.6 Å². The fourth-order valence-corrected chi connectivity index (χ4v) is 4.38. The fourth-order valence-electron chi connectivity index (χ4n) is 4.38. The Labute approximate surface area is 222 Å². The van der Waals surface area contributed by atoms with Gasteiger partial charge in [-0.25, -0.2) is 0 Å². The number of fused-ring (bicyclic) bond motifs is 1. The van der Waals surface area contributed by atoms with Gasteiger partial charge in [-0.2, -0.15) is 0 Å². The van der Waals surface area contributed by atoms with Crippen molar-refractivity contribution in [1.29, 1.82) is 0 Å². The van der Waals surface area contributed by atoms with Crippen LogP contribution in [-0.2, 0) is 11.8 Å². The maximum absolute atomic E-state index is 9.74. The smallest absolute Gasteiger partial charge is 0.119 e. The minimum atomic E-state index is 0.0217. The summed E-state index contributed by atoms with van der Waals surface area (Å²) in [6.07, 6.45) is 3.22. The maximum Gasteiger partial charge on any atom is 0.119 e. The van der Waals surface area contributed by atoms with E-state index in [0.717, 1.165) is 24.8 Å². The second-order valence-electron chi connectivity index (χ2n) is 10.6. The third kappa shape index (κ3) is 8.15. The van der Waals surface area contributed by atoms with Gasteiger partial charge in [-0.3, -0.25) is 0 Å². The fraction of sp³-hybridized carbons (Fsp3) is 0.294. The summed E-state index contributed by atoms with van der Waals surface area (Å²) in [6.45, 7) is 10.7. The molecule has 3 heteroatoms. The monoisotopic (exact) mass is 496 g/mol. The lowest BCUT2D eigenvalue weighted by Gasteiger charge is -2.21. The molecule has 2 aliphatic rings. The van der Waals surface area contributed by atoms with Gasteiger partial charge in [0, 0.05) is 5.92 Å². The van der Waals surface area contributed by atoms with Crippen LogP contribution in [-0.4, -0.2) is 15.3 Å². The van der Waals surface area contributed by atoms with E-state index in [1.165, 1.54) is 27.8 Å². The van der Waals surface area contributed by atoms with Crippen LogP contribution >= 0.6 is 0 Å². The van der Waals surface area contributed by atoms with Crippen molar-refractivity contribution in [3.05, 3.63) is 113 Å². The molecule has 0 radical (unpaired) electrons. The Morgan fingerprint density at radius 2 is 1.16 bits per heavy atom. The highest BCUT2D eigenvalue weighted by atomic mass is 16.3. The van der Waals surface area contributed by atoms with Crippen LogP contribution in [0, 0.1) is 0 Å². The van der Waals surface area contributed by atoms with Gasteiger partial charge in [0.15, 0.2) is 0 Å². The quantitative estimate of drug-likeness (QED) is 0.228. The molecule has 2 aliphatic carbocycles. The van der Waals surface area contributed by atoms with E-state index in [2.05, 4.69) is 65.0 Å².